The smallest absolute Gasteiger partial charge is 0.123 e. The van der Waals surface area contributed by atoms with Crippen LogP contribution in [0.1, 0.15) is 92.4 Å². The average molecular weight is 440 g/mol. The van der Waals surface area contributed by atoms with Crippen molar-refractivity contribution in [2.24, 2.45) is 29.6 Å². The first-order chi connectivity index (χ1) is 14.8. The first-order valence-electron chi connectivity index (χ1n) is 13.3. The van der Waals surface area contributed by atoms with Gasteiger partial charge in [0.25, 0.3) is 0 Å². The Morgan fingerprint density at radius 2 is 1.71 bits per heavy atom. The van der Waals surface area contributed by atoms with Gasteiger partial charge in [-0.05, 0) is 68.7 Å². The van der Waals surface area contributed by atoms with Crippen LogP contribution in [-0.4, -0.2) is 59.8 Å². The summed E-state index contributed by atoms with van der Waals surface area (Å²) in [6, 6.07) is 0.362. The molecule has 5 nitrogen and oxygen atoms in total. The van der Waals surface area contributed by atoms with E-state index in [0.717, 1.165) is 44.2 Å². The second kappa shape index (κ2) is 13.5. The molecule has 0 spiro atoms. The summed E-state index contributed by atoms with van der Waals surface area (Å²) < 4.78 is 0. The maximum absolute atomic E-state index is 11.2. The van der Waals surface area contributed by atoms with E-state index >= 15 is 0 Å². The van der Waals surface area contributed by atoms with Crippen molar-refractivity contribution in [3.63, 3.8) is 0 Å². The highest BCUT2D eigenvalue weighted by Crippen LogP contribution is 2.31. The highest BCUT2D eigenvalue weighted by atomic mass is 16.3. The lowest BCUT2D eigenvalue weighted by Crippen LogP contribution is -2.58. The minimum atomic E-state index is -0.552. The summed E-state index contributed by atoms with van der Waals surface area (Å²) in [7, 11) is 2.03. The summed E-state index contributed by atoms with van der Waals surface area (Å²) in [5.74, 6) is 2.83. The Kier molecular flexibility index (Phi) is 11.8. The highest BCUT2D eigenvalue weighted by molar-refractivity contribution is 4.88. The van der Waals surface area contributed by atoms with Crippen LogP contribution in [-0.2, 0) is 0 Å². The van der Waals surface area contributed by atoms with Crippen molar-refractivity contribution in [2.45, 2.75) is 117 Å². The Hall–Kier alpha value is -0.200. The molecule has 0 aromatic carbocycles. The van der Waals surface area contributed by atoms with Crippen molar-refractivity contribution in [1.82, 2.24) is 15.5 Å². The van der Waals surface area contributed by atoms with Gasteiger partial charge in [-0.2, -0.15) is 0 Å². The fraction of sp³-hybridized carbons (Fsp3) is 1.00. The standard InChI is InChI=1S/C26H53N3O2/c1-7-19(4)9-8-10-21-13-15-29(16-14-21)26(31)24(18(2)3)28-25(30)22-12-11-20(5)23(17-22)27-6/h18-28,30-31H,7-17H2,1-6H3/t19?,20?,22?,23?,24-,25?,26?/m1/s1. The molecule has 184 valence electrons. The van der Waals surface area contributed by atoms with E-state index in [1.165, 1.54) is 38.5 Å². The van der Waals surface area contributed by atoms with Crippen LogP contribution in [0.3, 0.4) is 0 Å². The molecule has 0 radical (unpaired) electrons. The second-order valence-corrected chi connectivity index (χ2v) is 11.2. The summed E-state index contributed by atoms with van der Waals surface area (Å²) in [5, 5.41) is 29.0. The van der Waals surface area contributed by atoms with Crippen LogP contribution in [0.25, 0.3) is 0 Å². The van der Waals surface area contributed by atoms with Crippen LogP contribution in [0.5, 0.6) is 0 Å². The fourth-order valence-corrected chi connectivity index (χ4v) is 5.69. The van der Waals surface area contributed by atoms with Crippen LogP contribution >= 0.6 is 0 Å². The Bertz CT molecular complexity index is 481. The predicted octanol–water partition coefficient (Wildman–Crippen LogP) is 4.19. The van der Waals surface area contributed by atoms with E-state index in [2.05, 4.69) is 50.2 Å². The second-order valence-electron chi connectivity index (χ2n) is 11.2. The van der Waals surface area contributed by atoms with Gasteiger partial charge in [0.1, 0.15) is 12.5 Å². The lowest BCUT2D eigenvalue weighted by Gasteiger charge is -2.42. The summed E-state index contributed by atoms with van der Waals surface area (Å²) in [6.45, 7) is 13.2. The van der Waals surface area contributed by atoms with E-state index in [-0.39, 0.29) is 17.9 Å². The first kappa shape index (κ1) is 27.0. The molecule has 7 atom stereocenters. The highest BCUT2D eigenvalue weighted by Gasteiger charge is 2.36. The number of hydrogen-bond acceptors (Lipinski definition) is 5. The van der Waals surface area contributed by atoms with Crippen molar-refractivity contribution in [2.75, 3.05) is 20.1 Å². The molecule has 2 aliphatic rings. The van der Waals surface area contributed by atoms with Gasteiger partial charge < -0.3 is 15.5 Å². The molecule has 2 rings (SSSR count). The molecule has 1 saturated carbocycles. The molecule has 0 aromatic heterocycles. The lowest BCUT2D eigenvalue weighted by atomic mass is 9.78. The van der Waals surface area contributed by atoms with Gasteiger partial charge in [0.05, 0.1) is 6.04 Å². The molecule has 4 N–H and O–H groups in total. The van der Waals surface area contributed by atoms with Gasteiger partial charge in [0.15, 0.2) is 0 Å². The minimum absolute atomic E-state index is 0.107. The van der Waals surface area contributed by atoms with E-state index in [1.54, 1.807) is 0 Å². The summed E-state index contributed by atoms with van der Waals surface area (Å²) in [5.41, 5.74) is 0. The quantitative estimate of drug-likeness (QED) is 0.343. The molecule has 1 aliphatic carbocycles. The Morgan fingerprint density at radius 3 is 2.29 bits per heavy atom. The lowest BCUT2D eigenvalue weighted by molar-refractivity contribution is -0.0739. The monoisotopic (exact) mass is 439 g/mol. The fourth-order valence-electron chi connectivity index (χ4n) is 5.69. The maximum atomic E-state index is 11.2. The number of hydrogen-bond donors (Lipinski definition) is 4. The third kappa shape index (κ3) is 8.26. The molecular formula is C26H53N3O2. The van der Waals surface area contributed by atoms with Crippen LogP contribution in [0.4, 0.5) is 0 Å². The molecule has 0 bridgehead atoms. The van der Waals surface area contributed by atoms with Gasteiger partial charge in [-0.3, -0.25) is 10.2 Å². The summed E-state index contributed by atoms with van der Waals surface area (Å²) >= 11 is 0. The molecule has 1 heterocycles. The number of nitrogens with one attached hydrogen (secondary N) is 2. The Labute approximate surface area is 192 Å². The number of likely N-dealkylation sites (tertiary alicyclic amines) is 1. The third-order valence-corrected chi connectivity index (χ3v) is 8.49. The van der Waals surface area contributed by atoms with Crippen molar-refractivity contribution in [1.29, 1.82) is 0 Å². The topological polar surface area (TPSA) is 67.8 Å². The van der Waals surface area contributed by atoms with Crippen LogP contribution in [0.2, 0.25) is 0 Å². The van der Waals surface area contributed by atoms with Gasteiger partial charge >= 0.3 is 0 Å². The summed E-state index contributed by atoms with van der Waals surface area (Å²) in [6.07, 6.45) is 9.82. The molecule has 31 heavy (non-hydrogen) atoms. The number of piperidine rings is 1. The molecule has 5 heteroatoms. The Balaban J connectivity index is 1.82. The summed E-state index contributed by atoms with van der Waals surface area (Å²) in [4.78, 5) is 2.24. The maximum Gasteiger partial charge on any atom is 0.123 e. The van der Waals surface area contributed by atoms with Crippen LogP contribution < -0.4 is 10.6 Å². The number of aliphatic hydroxyl groups is 2. The van der Waals surface area contributed by atoms with E-state index in [9.17, 15) is 10.2 Å². The van der Waals surface area contributed by atoms with Crippen LogP contribution in [0, 0.1) is 29.6 Å². The number of nitrogens with zero attached hydrogens (tertiary/aromatic N) is 1. The average Bonchev–Trinajstić information content (AvgIpc) is 2.77. The largest absolute Gasteiger partial charge is 0.378 e. The van der Waals surface area contributed by atoms with Gasteiger partial charge in [-0.1, -0.05) is 60.3 Å². The van der Waals surface area contributed by atoms with Crippen molar-refractivity contribution in [3.05, 3.63) is 0 Å². The molecule has 1 saturated heterocycles. The SMILES string of the molecule is CCC(C)CCCC1CCN(C(O)[C@H](NC(O)C2CCC(C)C(NC)C2)C(C)C)CC1. The molecule has 2 fully saturated rings. The van der Waals surface area contributed by atoms with Crippen molar-refractivity contribution in [3.8, 4) is 0 Å². The zero-order valence-corrected chi connectivity index (χ0v) is 21.3. The first-order valence-corrected chi connectivity index (χ1v) is 13.3. The van der Waals surface area contributed by atoms with E-state index in [1.807, 2.05) is 7.05 Å². The van der Waals surface area contributed by atoms with Crippen molar-refractivity contribution >= 4 is 0 Å². The molecule has 1 aliphatic heterocycles. The normalized spacial score (nSPS) is 30.3. The van der Waals surface area contributed by atoms with E-state index < -0.39 is 12.5 Å². The number of aliphatic hydroxyl groups excluding tert-OH is 2. The molecule has 0 aromatic rings. The molecule has 6 unspecified atom stereocenters. The van der Waals surface area contributed by atoms with Crippen molar-refractivity contribution < 1.29 is 10.2 Å². The van der Waals surface area contributed by atoms with Gasteiger partial charge in [0, 0.05) is 19.1 Å². The predicted molar refractivity (Wildman–Crippen MR) is 131 cm³/mol. The third-order valence-electron chi connectivity index (χ3n) is 8.49. The van der Waals surface area contributed by atoms with Gasteiger partial charge in [0.2, 0.25) is 0 Å². The van der Waals surface area contributed by atoms with Gasteiger partial charge in [-0.25, -0.2) is 0 Å². The number of rotatable bonds is 12. The molecular weight excluding hydrogens is 386 g/mol. The molecule has 0 amide bonds. The van der Waals surface area contributed by atoms with Gasteiger partial charge in [-0.15, -0.1) is 0 Å². The van der Waals surface area contributed by atoms with E-state index in [4.69, 9.17) is 0 Å². The zero-order chi connectivity index (χ0) is 23.0. The van der Waals surface area contributed by atoms with Crippen LogP contribution in [0.15, 0.2) is 0 Å². The Morgan fingerprint density at radius 1 is 1.03 bits per heavy atom. The minimum Gasteiger partial charge on any atom is -0.378 e. The zero-order valence-electron chi connectivity index (χ0n) is 21.3. The van der Waals surface area contributed by atoms with E-state index in [0.29, 0.717) is 12.0 Å².